The Labute approximate surface area is 147 Å². The van der Waals surface area contributed by atoms with Gasteiger partial charge in [0.15, 0.2) is 5.82 Å². The Morgan fingerprint density at radius 3 is 2.40 bits per heavy atom. The zero-order chi connectivity index (χ0) is 17.2. The van der Waals surface area contributed by atoms with Crippen LogP contribution in [0.25, 0.3) is 11.3 Å². The maximum atomic E-state index is 11.2. The van der Waals surface area contributed by atoms with Crippen molar-refractivity contribution in [2.45, 2.75) is 25.3 Å². The highest BCUT2D eigenvalue weighted by Gasteiger charge is 2.30. The maximum absolute atomic E-state index is 11.2. The monoisotopic (exact) mass is 337 g/mol. The number of primary amides is 1. The van der Waals surface area contributed by atoms with Crippen LogP contribution in [-0.4, -0.2) is 53.2 Å². The first-order chi connectivity index (χ1) is 12.2. The van der Waals surface area contributed by atoms with Crippen molar-refractivity contribution < 1.29 is 4.79 Å². The third kappa shape index (κ3) is 3.64. The van der Waals surface area contributed by atoms with Gasteiger partial charge >= 0.3 is 0 Å². The van der Waals surface area contributed by atoms with Gasteiger partial charge in [0, 0.05) is 43.3 Å². The van der Waals surface area contributed by atoms with Gasteiger partial charge in [0.05, 0.1) is 5.69 Å². The van der Waals surface area contributed by atoms with Gasteiger partial charge in [0.1, 0.15) is 0 Å². The minimum atomic E-state index is -0.422. The number of rotatable bonds is 4. The zero-order valence-corrected chi connectivity index (χ0v) is 14.3. The Balaban J connectivity index is 1.45. The molecule has 1 aliphatic heterocycles. The van der Waals surface area contributed by atoms with Crippen molar-refractivity contribution in [3.05, 3.63) is 42.0 Å². The van der Waals surface area contributed by atoms with Gasteiger partial charge < -0.3 is 10.6 Å². The predicted molar refractivity (Wildman–Crippen MR) is 97.4 cm³/mol. The third-order valence-corrected chi connectivity index (χ3v) is 5.03. The quantitative estimate of drug-likeness (QED) is 0.922. The minimum Gasteiger partial charge on any atom is -0.366 e. The topological polar surface area (TPSA) is 75.4 Å². The number of hydrogen-bond donors (Lipinski definition) is 1. The average molecular weight is 337 g/mol. The second-order valence-corrected chi connectivity index (χ2v) is 6.83. The summed E-state index contributed by atoms with van der Waals surface area (Å²) >= 11 is 0. The summed E-state index contributed by atoms with van der Waals surface area (Å²) in [6, 6.07) is 12.0. The van der Waals surface area contributed by atoms with Crippen LogP contribution in [0.1, 0.15) is 29.6 Å². The van der Waals surface area contributed by atoms with Crippen LogP contribution < -0.4 is 10.6 Å². The lowest BCUT2D eigenvalue weighted by Crippen LogP contribution is -2.32. The molecule has 6 heteroatoms. The molecule has 2 aromatic rings. The number of nitrogens with two attached hydrogens (primary N) is 1. The Bertz CT molecular complexity index is 739. The molecule has 2 N–H and O–H groups in total. The van der Waals surface area contributed by atoms with Gasteiger partial charge in [-0.05, 0) is 43.5 Å². The van der Waals surface area contributed by atoms with Crippen LogP contribution in [-0.2, 0) is 0 Å². The summed E-state index contributed by atoms with van der Waals surface area (Å²) in [7, 11) is 0. The van der Waals surface area contributed by atoms with Crippen molar-refractivity contribution in [3.63, 3.8) is 0 Å². The van der Waals surface area contributed by atoms with E-state index >= 15 is 0 Å². The van der Waals surface area contributed by atoms with Crippen LogP contribution in [0.15, 0.2) is 36.4 Å². The Morgan fingerprint density at radius 1 is 0.960 bits per heavy atom. The van der Waals surface area contributed by atoms with Crippen LogP contribution >= 0.6 is 0 Å². The summed E-state index contributed by atoms with van der Waals surface area (Å²) in [5.41, 5.74) is 7.50. The van der Waals surface area contributed by atoms with Gasteiger partial charge in [-0.2, -0.15) is 0 Å². The van der Waals surface area contributed by atoms with Gasteiger partial charge in [-0.3, -0.25) is 9.69 Å². The van der Waals surface area contributed by atoms with Crippen molar-refractivity contribution in [1.82, 2.24) is 15.1 Å². The fourth-order valence-corrected chi connectivity index (χ4v) is 3.42. The fraction of sp³-hybridized carbons (Fsp3) is 0.421. The number of aromatic nitrogens is 2. The molecule has 2 fully saturated rings. The molecule has 130 valence electrons. The van der Waals surface area contributed by atoms with Gasteiger partial charge in [0.25, 0.3) is 0 Å². The molecule has 6 nitrogen and oxygen atoms in total. The number of nitrogens with zero attached hydrogens (tertiary/aromatic N) is 4. The van der Waals surface area contributed by atoms with Crippen molar-refractivity contribution in [2.24, 2.45) is 5.73 Å². The summed E-state index contributed by atoms with van der Waals surface area (Å²) in [6.07, 6.45) is 3.90. The van der Waals surface area contributed by atoms with Gasteiger partial charge in [-0.15, -0.1) is 10.2 Å². The Kier molecular flexibility index (Phi) is 4.36. The molecule has 1 aliphatic carbocycles. The van der Waals surface area contributed by atoms with Gasteiger partial charge in [-0.1, -0.05) is 12.1 Å². The smallest absolute Gasteiger partial charge is 0.248 e. The standard InChI is InChI=1S/C19H23N5O/c20-19(25)15-4-2-14(3-5-15)17-8-9-18(22-21-17)24-11-1-10-23(12-13-24)16-6-7-16/h2-5,8-9,16H,1,6-7,10-13H2,(H2,20,25). The third-order valence-electron chi connectivity index (χ3n) is 5.03. The summed E-state index contributed by atoms with van der Waals surface area (Å²) in [4.78, 5) is 16.1. The summed E-state index contributed by atoms with van der Waals surface area (Å²) in [6.45, 7) is 4.35. The van der Waals surface area contributed by atoms with E-state index in [4.69, 9.17) is 5.73 Å². The normalized spacial score (nSPS) is 18.8. The van der Waals surface area contributed by atoms with Gasteiger partial charge in [-0.25, -0.2) is 0 Å². The largest absolute Gasteiger partial charge is 0.366 e. The molecule has 0 radical (unpaired) electrons. The lowest BCUT2D eigenvalue weighted by atomic mass is 10.1. The number of carbonyl (C=O) groups is 1. The average Bonchev–Trinajstić information content (AvgIpc) is 3.48. The molecular formula is C19H23N5O. The highest BCUT2D eigenvalue weighted by molar-refractivity contribution is 5.93. The molecule has 0 spiro atoms. The number of benzene rings is 1. The first-order valence-corrected chi connectivity index (χ1v) is 8.94. The molecule has 1 saturated carbocycles. The van der Waals surface area contributed by atoms with Crippen molar-refractivity contribution in [2.75, 3.05) is 31.1 Å². The Hall–Kier alpha value is -2.47. The van der Waals surface area contributed by atoms with E-state index in [1.807, 2.05) is 24.3 Å². The van der Waals surface area contributed by atoms with E-state index in [1.165, 1.54) is 25.8 Å². The van der Waals surface area contributed by atoms with E-state index in [2.05, 4.69) is 20.0 Å². The molecule has 1 saturated heterocycles. The summed E-state index contributed by atoms with van der Waals surface area (Å²) in [5.74, 6) is 0.518. The lowest BCUT2D eigenvalue weighted by Gasteiger charge is -2.22. The summed E-state index contributed by atoms with van der Waals surface area (Å²) < 4.78 is 0. The van der Waals surface area contributed by atoms with Crippen LogP contribution in [0.5, 0.6) is 0 Å². The molecule has 0 unspecified atom stereocenters. The maximum Gasteiger partial charge on any atom is 0.248 e. The van der Waals surface area contributed by atoms with Crippen LogP contribution in [0.3, 0.4) is 0 Å². The molecule has 0 bridgehead atoms. The van der Waals surface area contributed by atoms with Gasteiger partial charge in [0.2, 0.25) is 5.91 Å². The highest BCUT2D eigenvalue weighted by atomic mass is 16.1. The minimum absolute atomic E-state index is 0.422. The fourth-order valence-electron chi connectivity index (χ4n) is 3.42. The second kappa shape index (κ2) is 6.80. The zero-order valence-electron chi connectivity index (χ0n) is 14.3. The van der Waals surface area contributed by atoms with E-state index in [9.17, 15) is 4.79 Å². The van der Waals surface area contributed by atoms with Crippen LogP contribution in [0, 0.1) is 0 Å². The van der Waals surface area contributed by atoms with E-state index in [0.29, 0.717) is 5.56 Å². The molecular weight excluding hydrogens is 314 g/mol. The molecule has 0 atom stereocenters. The SMILES string of the molecule is NC(=O)c1ccc(-c2ccc(N3CCCN(C4CC4)CC3)nn2)cc1. The van der Waals surface area contributed by atoms with Crippen molar-refractivity contribution >= 4 is 11.7 Å². The lowest BCUT2D eigenvalue weighted by molar-refractivity contribution is 0.100. The van der Waals surface area contributed by atoms with E-state index in [-0.39, 0.29) is 0 Å². The molecule has 2 heterocycles. The first kappa shape index (κ1) is 16.0. The predicted octanol–water partition coefficient (Wildman–Crippen LogP) is 1.92. The van der Waals surface area contributed by atoms with E-state index in [1.54, 1.807) is 12.1 Å². The molecule has 1 aromatic carbocycles. The number of amides is 1. The van der Waals surface area contributed by atoms with Crippen molar-refractivity contribution in [3.8, 4) is 11.3 Å². The second-order valence-electron chi connectivity index (χ2n) is 6.83. The molecule has 1 amide bonds. The number of anilines is 1. The molecule has 4 rings (SSSR count). The number of carbonyl (C=O) groups excluding carboxylic acids is 1. The molecule has 1 aromatic heterocycles. The van der Waals surface area contributed by atoms with E-state index in [0.717, 1.165) is 42.8 Å². The first-order valence-electron chi connectivity index (χ1n) is 8.94. The number of hydrogen-bond acceptors (Lipinski definition) is 5. The van der Waals surface area contributed by atoms with Crippen LogP contribution in [0.2, 0.25) is 0 Å². The summed E-state index contributed by atoms with van der Waals surface area (Å²) in [5, 5.41) is 8.80. The highest BCUT2D eigenvalue weighted by Crippen LogP contribution is 2.28. The van der Waals surface area contributed by atoms with E-state index < -0.39 is 5.91 Å². The Morgan fingerprint density at radius 2 is 1.76 bits per heavy atom. The molecule has 25 heavy (non-hydrogen) atoms. The van der Waals surface area contributed by atoms with Crippen molar-refractivity contribution in [1.29, 1.82) is 0 Å². The molecule has 2 aliphatic rings. The van der Waals surface area contributed by atoms with Crippen LogP contribution in [0.4, 0.5) is 5.82 Å².